The molecule has 0 saturated carbocycles. The molecule has 0 radical (unpaired) electrons. The Morgan fingerprint density at radius 1 is 1.47 bits per heavy atom. The molecular formula is C12H15N5O2. The van der Waals surface area contributed by atoms with E-state index >= 15 is 0 Å². The van der Waals surface area contributed by atoms with E-state index in [0.29, 0.717) is 23.3 Å². The minimum atomic E-state index is -0.432. The third kappa shape index (κ3) is 3.14. The van der Waals surface area contributed by atoms with E-state index in [0.717, 1.165) is 6.42 Å². The van der Waals surface area contributed by atoms with Crippen molar-refractivity contribution >= 4 is 22.4 Å². The summed E-state index contributed by atoms with van der Waals surface area (Å²) in [6.45, 7) is 2.58. The normalized spacial score (nSPS) is 12.3. The third-order valence-corrected chi connectivity index (χ3v) is 2.72. The Morgan fingerprint density at radius 3 is 2.95 bits per heavy atom. The molecule has 0 fully saturated rings. The fraction of sp³-hybridized carbons (Fsp3) is 0.333. The minimum Gasteiger partial charge on any atom is -0.369 e. The van der Waals surface area contributed by atoms with Crippen LogP contribution in [0.2, 0.25) is 0 Å². The molecule has 0 aliphatic rings. The molecule has 7 heteroatoms. The van der Waals surface area contributed by atoms with Gasteiger partial charge in [-0.3, -0.25) is 10.1 Å². The molecule has 100 valence electrons. The van der Waals surface area contributed by atoms with Gasteiger partial charge in [-0.15, -0.1) is 0 Å². The number of aromatic nitrogens is 2. The average molecular weight is 261 g/mol. The number of nitrogens with zero attached hydrogens (tertiary/aromatic N) is 3. The minimum absolute atomic E-state index is 0.0255. The van der Waals surface area contributed by atoms with E-state index in [9.17, 15) is 10.1 Å². The lowest BCUT2D eigenvalue weighted by atomic mass is 10.2. The van der Waals surface area contributed by atoms with Gasteiger partial charge < -0.3 is 11.1 Å². The van der Waals surface area contributed by atoms with Crippen LogP contribution in [0.1, 0.15) is 13.3 Å². The van der Waals surface area contributed by atoms with Crippen LogP contribution in [0.15, 0.2) is 24.5 Å². The van der Waals surface area contributed by atoms with Crippen molar-refractivity contribution in [3.05, 3.63) is 34.6 Å². The van der Waals surface area contributed by atoms with Gasteiger partial charge in [-0.1, -0.05) is 0 Å². The van der Waals surface area contributed by atoms with Crippen LogP contribution in [-0.2, 0) is 0 Å². The summed E-state index contributed by atoms with van der Waals surface area (Å²) in [4.78, 5) is 18.6. The number of hydrogen-bond acceptors (Lipinski definition) is 6. The number of nitro benzene ring substituents is 1. The van der Waals surface area contributed by atoms with E-state index in [2.05, 4.69) is 15.3 Å². The lowest BCUT2D eigenvalue weighted by Gasteiger charge is -2.09. The van der Waals surface area contributed by atoms with Crippen molar-refractivity contribution in [1.82, 2.24) is 9.97 Å². The van der Waals surface area contributed by atoms with Gasteiger partial charge in [-0.05, 0) is 19.4 Å². The molecule has 2 rings (SSSR count). The second-order valence-electron chi connectivity index (χ2n) is 4.37. The van der Waals surface area contributed by atoms with E-state index in [-0.39, 0.29) is 11.7 Å². The number of anilines is 1. The number of fused-ring (bicyclic) bond motifs is 1. The SMILES string of the molecule is CC(N)CCNc1ncnc2ccc([N+](=O)[O-])cc12. The standard InChI is InChI=1S/C12H15N5O2/c1-8(13)4-5-14-12-10-6-9(17(18)19)2-3-11(10)15-7-16-12/h2-3,6-8H,4-5,13H2,1H3,(H,14,15,16). The van der Waals surface area contributed by atoms with Crippen LogP contribution in [0.5, 0.6) is 0 Å². The summed E-state index contributed by atoms with van der Waals surface area (Å²) in [5, 5.41) is 14.6. The van der Waals surface area contributed by atoms with E-state index in [1.54, 1.807) is 6.07 Å². The van der Waals surface area contributed by atoms with Crippen molar-refractivity contribution < 1.29 is 4.92 Å². The topological polar surface area (TPSA) is 107 Å². The molecule has 1 aromatic heterocycles. The molecule has 7 nitrogen and oxygen atoms in total. The van der Waals surface area contributed by atoms with E-state index in [1.165, 1.54) is 18.5 Å². The third-order valence-electron chi connectivity index (χ3n) is 2.72. The summed E-state index contributed by atoms with van der Waals surface area (Å²) >= 11 is 0. The summed E-state index contributed by atoms with van der Waals surface area (Å²) in [6, 6.07) is 4.62. The highest BCUT2D eigenvalue weighted by atomic mass is 16.6. The van der Waals surface area contributed by atoms with Crippen molar-refractivity contribution in [3.8, 4) is 0 Å². The Kier molecular flexibility index (Phi) is 3.86. The molecule has 3 N–H and O–H groups in total. The van der Waals surface area contributed by atoms with Gasteiger partial charge in [0, 0.05) is 30.1 Å². The first-order chi connectivity index (χ1) is 9.08. The highest BCUT2D eigenvalue weighted by molar-refractivity contribution is 5.90. The zero-order valence-corrected chi connectivity index (χ0v) is 10.5. The zero-order chi connectivity index (χ0) is 13.8. The summed E-state index contributed by atoms with van der Waals surface area (Å²) in [7, 11) is 0. The molecular weight excluding hydrogens is 246 g/mol. The number of rotatable bonds is 5. The molecule has 1 aromatic carbocycles. The van der Waals surface area contributed by atoms with Crippen molar-refractivity contribution in [2.45, 2.75) is 19.4 Å². The van der Waals surface area contributed by atoms with E-state index < -0.39 is 4.92 Å². The van der Waals surface area contributed by atoms with E-state index in [1.807, 2.05) is 6.92 Å². The second-order valence-corrected chi connectivity index (χ2v) is 4.37. The number of hydrogen-bond donors (Lipinski definition) is 2. The fourth-order valence-corrected chi connectivity index (χ4v) is 1.72. The molecule has 0 bridgehead atoms. The maximum atomic E-state index is 10.8. The number of nitrogens with two attached hydrogens (primary N) is 1. The van der Waals surface area contributed by atoms with Crippen molar-refractivity contribution in [2.75, 3.05) is 11.9 Å². The maximum absolute atomic E-state index is 10.8. The van der Waals surface area contributed by atoms with Gasteiger partial charge in [0.2, 0.25) is 0 Å². The molecule has 0 saturated heterocycles. The van der Waals surface area contributed by atoms with Gasteiger partial charge >= 0.3 is 0 Å². The van der Waals surface area contributed by atoms with Gasteiger partial charge in [0.15, 0.2) is 0 Å². The van der Waals surface area contributed by atoms with Gasteiger partial charge in [0.1, 0.15) is 12.1 Å². The van der Waals surface area contributed by atoms with Crippen LogP contribution in [0.3, 0.4) is 0 Å². The van der Waals surface area contributed by atoms with Crippen LogP contribution in [0.25, 0.3) is 10.9 Å². The number of non-ortho nitro benzene ring substituents is 1. The summed E-state index contributed by atoms with van der Waals surface area (Å²) < 4.78 is 0. The second kappa shape index (κ2) is 5.57. The Bertz CT molecular complexity index is 600. The smallest absolute Gasteiger partial charge is 0.270 e. The monoisotopic (exact) mass is 261 g/mol. The summed E-state index contributed by atoms with van der Waals surface area (Å²) in [5.74, 6) is 0.592. The maximum Gasteiger partial charge on any atom is 0.270 e. The molecule has 1 unspecified atom stereocenters. The van der Waals surface area contributed by atoms with Crippen molar-refractivity contribution in [3.63, 3.8) is 0 Å². The predicted octanol–water partition coefficient (Wildman–Crippen LogP) is 1.69. The van der Waals surface area contributed by atoms with Crippen LogP contribution in [0, 0.1) is 10.1 Å². The molecule has 1 heterocycles. The summed E-state index contributed by atoms with van der Waals surface area (Å²) in [5.41, 5.74) is 6.37. The van der Waals surface area contributed by atoms with Crippen LogP contribution in [-0.4, -0.2) is 27.5 Å². The molecule has 19 heavy (non-hydrogen) atoms. The first-order valence-corrected chi connectivity index (χ1v) is 5.96. The molecule has 0 aliphatic carbocycles. The fourth-order valence-electron chi connectivity index (χ4n) is 1.72. The number of nitro groups is 1. The average Bonchev–Trinajstić information content (AvgIpc) is 2.38. The Morgan fingerprint density at radius 2 is 2.26 bits per heavy atom. The Labute approximate surface area is 110 Å². The van der Waals surface area contributed by atoms with Crippen molar-refractivity contribution in [1.29, 1.82) is 0 Å². The summed E-state index contributed by atoms with van der Waals surface area (Å²) in [6.07, 6.45) is 2.22. The lowest BCUT2D eigenvalue weighted by Crippen LogP contribution is -2.19. The number of nitrogens with one attached hydrogen (secondary N) is 1. The van der Waals surface area contributed by atoms with Crippen LogP contribution >= 0.6 is 0 Å². The predicted molar refractivity (Wildman–Crippen MR) is 72.9 cm³/mol. The molecule has 1 atom stereocenters. The molecule has 0 aliphatic heterocycles. The van der Waals surface area contributed by atoms with E-state index in [4.69, 9.17) is 5.73 Å². The number of benzene rings is 1. The molecule has 0 amide bonds. The molecule has 0 spiro atoms. The van der Waals surface area contributed by atoms with Gasteiger partial charge in [-0.2, -0.15) is 0 Å². The van der Waals surface area contributed by atoms with Gasteiger partial charge in [0.25, 0.3) is 5.69 Å². The quantitative estimate of drug-likeness (QED) is 0.626. The Balaban J connectivity index is 2.31. The first kappa shape index (κ1) is 13.2. The highest BCUT2D eigenvalue weighted by Crippen LogP contribution is 2.24. The van der Waals surface area contributed by atoms with Gasteiger partial charge in [-0.25, -0.2) is 9.97 Å². The molecule has 2 aromatic rings. The highest BCUT2D eigenvalue weighted by Gasteiger charge is 2.10. The first-order valence-electron chi connectivity index (χ1n) is 5.96. The van der Waals surface area contributed by atoms with Gasteiger partial charge in [0.05, 0.1) is 10.4 Å². The van der Waals surface area contributed by atoms with Crippen molar-refractivity contribution in [2.24, 2.45) is 5.73 Å². The Hall–Kier alpha value is -2.28. The van der Waals surface area contributed by atoms with Crippen LogP contribution in [0.4, 0.5) is 11.5 Å². The van der Waals surface area contributed by atoms with Crippen LogP contribution < -0.4 is 11.1 Å². The largest absolute Gasteiger partial charge is 0.369 e. The zero-order valence-electron chi connectivity index (χ0n) is 10.5. The lowest BCUT2D eigenvalue weighted by molar-refractivity contribution is -0.384.